The molecule has 0 fully saturated rings. The van der Waals surface area contributed by atoms with E-state index in [1.54, 1.807) is 30.7 Å². The molecule has 0 aliphatic carbocycles. The highest BCUT2D eigenvalue weighted by Crippen LogP contribution is 2.31. The van der Waals surface area contributed by atoms with Crippen LogP contribution in [0, 0.1) is 0 Å². The SMILES string of the molecule is O=C(CCC(F)(F)F)Cc1c[nH]c2ccc(-c3cnn(-c4ccc(C(F)(F)F)cc4)c3)cc12. The Labute approximate surface area is 183 Å². The predicted octanol–water partition coefficient (Wildman–Crippen LogP) is 6.49. The number of fused-ring (bicyclic) bond motifs is 1. The van der Waals surface area contributed by atoms with Crippen LogP contribution in [0.5, 0.6) is 0 Å². The fourth-order valence-electron chi connectivity index (χ4n) is 3.50. The van der Waals surface area contributed by atoms with Gasteiger partial charge >= 0.3 is 12.4 Å². The second-order valence-electron chi connectivity index (χ2n) is 7.62. The molecule has 2 aromatic heterocycles. The number of rotatable bonds is 6. The molecule has 2 aromatic carbocycles. The molecule has 2 heterocycles. The number of hydrogen-bond acceptors (Lipinski definition) is 2. The molecule has 33 heavy (non-hydrogen) atoms. The highest BCUT2D eigenvalue weighted by Gasteiger charge is 2.30. The Morgan fingerprint density at radius 3 is 2.36 bits per heavy atom. The average molecular weight is 465 g/mol. The van der Waals surface area contributed by atoms with Crippen LogP contribution in [0.3, 0.4) is 0 Å². The Kier molecular flexibility index (Phi) is 5.77. The van der Waals surface area contributed by atoms with E-state index in [0.29, 0.717) is 22.2 Å². The van der Waals surface area contributed by atoms with Gasteiger partial charge in [-0.25, -0.2) is 4.68 Å². The lowest BCUT2D eigenvalue weighted by atomic mass is 10.0. The van der Waals surface area contributed by atoms with Gasteiger partial charge in [0.05, 0.1) is 23.9 Å². The summed E-state index contributed by atoms with van der Waals surface area (Å²) in [7, 11) is 0. The molecule has 0 amide bonds. The lowest BCUT2D eigenvalue weighted by Gasteiger charge is -2.07. The number of halogens is 6. The highest BCUT2D eigenvalue weighted by molar-refractivity contribution is 5.92. The van der Waals surface area contributed by atoms with E-state index in [1.807, 2.05) is 6.07 Å². The van der Waals surface area contributed by atoms with Crippen molar-refractivity contribution in [3.63, 3.8) is 0 Å². The molecule has 0 bridgehead atoms. The van der Waals surface area contributed by atoms with Gasteiger partial charge in [0.25, 0.3) is 0 Å². The maximum atomic E-state index is 12.8. The minimum Gasteiger partial charge on any atom is -0.361 e. The van der Waals surface area contributed by atoms with E-state index < -0.39 is 36.5 Å². The summed E-state index contributed by atoms with van der Waals surface area (Å²) < 4.78 is 76.8. The van der Waals surface area contributed by atoms with Crippen LogP contribution in [0.15, 0.2) is 61.1 Å². The zero-order valence-electron chi connectivity index (χ0n) is 17.0. The highest BCUT2D eigenvalue weighted by atomic mass is 19.4. The first kappa shape index (κ1) is 22.6. The molecule has 0 saturated carbocycles. The second kappa shape index (κ2) is 8.42. The van der Waals surface area contributed by atoms with E-state index in [-0.39, 0.29) is 6.42 Å². The third-order valence-electron chi connectivity index (χ3n) is 5.22. The van der Waals surface area contributed by atoms with E-state index in [1.165, 1.54) is 16.8 Å². The number of nitrogens with zero attached hydrogens (tertiary/aromatic N) is 2. The van der Waals surface area contributed by atoms with Gasteiger partial charge in [-0.15, -0.1) is 0 Å². The molecular formula is C23H17F6N3O. The van der Waals surface area contributed by atoms with Gasteiger partial charge in [0.1, 0.15) is 5.78 Å². The average Bonchev–Trinajstić information content (AvgIpc) is 3.39. The summed E-state index contributed by atoms with van der Waals surface area (Å²) in [5.41, 5.74) is 2.44. The number of nitrogens with one attached hydrogen (secondary N) is 1. The van der Waals surface area contributed by atoms with Gasteiger partial charge in [-0.05, 0) is 47.5 Å². The van der Waals surface area contributed by atoms with Gasteiger partial charge in [0.15, 0.2) is 0 Å². The number of Topliss-reactive ketones (excluding diaryl/α,β-unsaturated/α-hetero) is 1. The van der Waals surface area contributed by atoms with E-state index in [9.17, 15) is 31.1 Å². The molecule has 4 rings (SSSR count). The van der Waals surface area contributed by atoms with Gasteiger partial charge in [-0.3, -0.25) is 4.79 Å². The van der Waals surface area contributed by atoms with Crippen molar-refractivity contribution in [2.45, 2.75) is 31.6 Å². The van der Waals surface area contributed by atoms with Crippen molar-refractivity contribution in [2.75, 3.05) is 0 Å². The van der Waals surface area contributed by atoms with Gasteiger partial charge in [-0.1, -0.05) is 6.07 Å². The van der Waals surface area contributed by atoms with Crippen LogP contribution in [-0.2, 0) is 17.4 Å². The number of benzene rings is 2. The Morgan fingerprint density at radius 2 is 1.70 bits per heavy atom. The maximum absolute atomic E-state index is 12.8. The zero-order chi connectivity index (χ0) is 23.8. The topological polar surface area (TPSA) is 50.7 Å². The Morgan fingerprint density at radius 1 is 0.970 bits per heavy atom. The lowest BCUT2D eigenvalue weighted by molar-refractivity contribution is -0.143. The largest absolute Gasteiger partial charge is 0.416 e. The minimum atomic E-state index is -4.42. The Balaban J connectivity index is 1.55. The van der Waals surface area contributed by atoms with E-state index in [2.05, 4.69) is 10.1 Å². The summed E-state index contributed by atoms with van der Waals surface area (Å²) in [6.07, 6.45) is -5.83. The summed E-state index contributed by atoms with van der Waals surface area (Å²) >= 11 is 0. The molecule has 0 saturated heterocycles. The van der Waals surface area contributed by atoms with Gasteiger partial charge in [0, 0.05) is 41.7 Å². The molecule has 0 aliphatic heterocycles. The Hall–Kier alpha value is -3.56. The summed E-state index contributed by atoms with van der Waals surface area (Å²) in [6.45, 7) is 0. The van der Waals surface area contributed by atoms with Crippen molar-refractivity contribution in [3.8, 4) is 16.8 Å². The number of aromatic amines is 1. The molecule has 1 N–H and O–H groups in total. The third-order valence-corrected chi connectivity index (χ3v) is 5.22. The van der Waals surface area contributed by atoms with Crippen LogP contribution in [0.4, 0.5) is 26.3 Å². The molecular weight excluding hydrogens is 448 g/mol. The fourth-order valence-corrected chi connectivity index (χ4v) is 3.50. The standard InChI is InChI=1S/C23H17F6N3O/c24-22(25,26)8-7-19(33)9-15-11-30-21-6-1-14(10-20(15)21)16-12-31-32(13-16)18-4-2-17(3-5-18)23(27,28)29/h1-6,10-13,30H,7-9H2. The molecule has 0 unspecified atom stereocenters. The van der Waals surface area contributed by atoms with Gasteiger partial charge < -0.3 is 4.98 Å². The Bertz CT molecular complexity index is 1280. The number of alkyl halides is 6. The van der Waals surface area contributed by atoms with Crippen molar-refractivity contribution in [3.05, 3.63) is 72.2 Å². The second-order valence-corrected chi connectivity index (χ2v) is 7.62. The summed E-state index contributed by atoms with van der Waals surface area (Å²) in [5, 5.41) is 4.91. The molecule has 0 aliphatic rings. The number of hydrogen-bond donors (Lipinski definition) is 1. The first-order valence-corrected chi connectivity index (χ1v) is 9.91. The monoisotopic (exact) mass is 465 g/mol. The van der Waals surface area contributed by atoms with Crippen LogP contribution < -0.4 is 0 Å². The predicted molar refractivity (Wildman–Crippen MR) is 110 cm³/mol. The van der Waals surface area contributed by atoms with Crippen LogP contribution in [0.25, 0.3) is 27.7 Å². The van der Waals surface area contributed by atoms with Crippen molar-refractivity contribution < 1.29 is 31.1 Å². The van der Waals surface area contributed by atoms with Crippen molar-refractivity contribution >= 4 is 16.7 Å². The normalized spacial score (nSPS) is 12.4. The first-order chi connectivity index (χ1) is 15.5. The first-order valence-electron chi connectivity index (χ1n) is 9.91. The number of H-pyrrole nitrogens is 1. The van der Waals surface area contributed by atoms with Crippen molar-refractivity contribution in [1.29, 1.82) is 0 Å². The molecule has 0 radical (unpaired) electrons. The van der Waals surface area contributed by atoms with E-state index in [0.717, 1.165) is 23.2 Å². The number of aromatic nitrogens is 3. The van der Waals surface area contributed by atoms with Gasteiger partial charge in [0.2, 0.25) is 0 Å². The molecule has 0 spiro atoms. The lowest BCUT2D eigenvalue weighted by Crippen LogP contribution is -2.12. The van der Waals surface area contributed by atoms with Crippen LogP contribution >= 0.6 is 0 Å². The minimum absolute atomic E-state index is 0.121. The molecule has 0 atom stereocenters. The maximum Gasteiger partial charge on any atom is 0.416 e. The fraction of sp³-hybridized carbons (Fsp3) is 0.217. The number of carbonyl (C=O) groups excluding carboxylic acids is 1. The van der Waals surface area contributed by atoms with E-state index >= 15 is 0 Å². The van der Waals surface area contributed by atoms with E-state index in [4.69, 9.17) is 0 Å². The number of carbonyl (C=O) groups is 1. The zero-order valence-corrected chi connectivity index (χ0v) is 17.0. The van der Waals surface area contributed by atoms with Crippen LogP contribution in [-0.4, -0.2) is 26.7 Å². The van der Waals surface area contributed by atoms with Crippen molar-refractivity contribution in [2.24, 2.45) is 0 Å². The summed E-state index contributed by atoms with van der Waals surface area (Å²) in [6, 6.07) is 9.98. The molecule has 172 valence electrons. The molecule has 4 nitrogen and oxygen atoms in total. The van der Waals surface area contributed by atoms with Gasteiger partial charge in [-0.2, -0.15) is 31.4 Å². The smallest absolute Gasteiger partial charge is 0.361 e. The summed E-state index contributed by atoms with van der Waals surface area (Å²) in [5.74, 6) is -0.506. The van der Waals surface area contributed by atoms with Crippen LogP contribution in [0.2, 0.25) is 0 Å². The van der Waals surface area contributed by atoms with Crippen molar-refractivity contribution in [1.82, 2.24) is 14.8 Å². The molecule has 4 aromatic rings. The van der Waals surface area contributed by atoms with Crippen LogP contribution in [0.1, 0.15) is 24.0 Å². The summed E-state index contributed by atoms with van der Waals surface area (Å²) in [4.78, 5) is 15.0. The molecule has 10 heteroatoms. The quantitative estimate of drug-likeness (QED) is 0.331. The number of ketones is 1. The third kappa shape index (κ3) is 5.27.